The van der Waals surface area contributed by atoms with Crippen molar-refractivity contribution in [2.45, 2.75) is 26.4 Å². The SMILES string of the molecule is CC1CC=CCC1COCc1ccc(C(=O)O)c(F)c1. The smallest absolute Gasteiger partial charge is 0.338 e. The summed E-state index contributed by atoms with van der Waals surface area (Å²) in [4.78, 5) is 10.7. The number of rotatable bonds is 5. The van der Waals surface area contributed by atoms with E-state index in [9.17, 15) is 9.18 Å². The van der Waals surface area contributed by atoms with Crippen LogP contribution in [-0.2, 0) is 11.3 Å². The molecule has 0 spiro atoms. The van der Waals surface area contributed by atoms with Crippen molar-refractivity contribution in [3.05, 3.63) is 47.3 Å². The van der Waals surface area contributed by atoms with Crippen molar-refractivity contribution in [1.29, 1.82) is 0 Å². The van der Waals surface area contributed by atoms with E-state index in [1.165, 1.54) is 12.1 Å². The highest BCUT2D eigenvalue weighted by Crippen LogP contribution is 2.25. The number of aromatic carboxylic acids is 1. The van der Waals surface area contributed by atoms with E-state index < -0.39 is 11.8 Å². The number of carboxylic acid groups (broad SMARTS) is 1. The molecule has 4 heteroatoms. The molecule has 2 atom stereocenters. The monoisotopic (exact) mass is 278 g/mol. The highest BCUT2D eigenvalue weighted by molar-refractivity contribution is 5.87. The molecule has 0 bridgehead atoms. The zero-order valence-corrected chi connectivity index (χ0v) is 11.5. The fraction of sp³-hybridized carbons (Fsp3) is 0.438. The minimum Gasteiger partial charge on any atom is -0.478 e. The van der Waals surface area contributed by atoms with Gasteiger partial charge in [-0.1, -0.05) is 25.1 Å². The first kappa shape index (κ1) is 14.7. The van der Waals surface area contributed by atoms with Crippen LogP contribution in [-0.4, -0.2) is 17.7 Å². The van der Waals surface area contributed by atoms with Gasteiger partial charge in [0.15, 0.2) is 0 Å². The van der Waals surface area contributed by atoms with Gasteiger partial charge in [-0.15, -0.1) is 0 Å². The van der Waals surface area contributed by atoms with Gasteiger partial charge in [0.25, 0.3) is 0 Å². The Morgan fingerprint density at radius 1 is 1.40 bits per heavy atom. The third-order valence-corrected chi connectivity index (χ3v) is 3.78. The van der Waals surface area contributed by atoms with Gasteiger partial charge in [-0.2, -0.15) is 0 Å². The molecule has 3 nitrogen and oxygen atoms in total. The molecule has 0 aliphatic heterocycles. The van der Waals surface area contributed by atoms with Gasteiger partial charge in [0.05, 0.1) is 18.8 Å². The van der Waals surface area contributed by atoms with Crippen molar-refractivity contribution in [2.75, 3.05) is 6.61 Å². The summed E-state index contributed by atoms with van der Waals surface area (Å²) in [6, 6.07) is 4.10. The fourth-order valence-electron chi connectivity index (χ4n) is 2.39. The van der Waals surface area contributed by atoms with Crippen molar-refractivity contribution in [3.63, 3.8) is 0 Å². The zero-order chi connectivity index (χ0) is 14.5. The average molecular weight is 278 g/mol. The maximum Gasteiger partial charge on any atom is 0.338 e. The van der Waals surface area contributed by atoms with Gasteiger partial charge in [-0.3, -0.25) is 0 Å². The van der Waals surface area contributed by atoms with Gasteiger partial charge in [0.2, 0.25) is 0 Å². The number of hydrogen-bond donors (Lipinski definition) is 1. The Balaban J connectivity index is 1.86. The van der Waals surface area contributed by atoms with Gasteiger partial charge in [0.1, 0.15) is 5.82 Å². The van der Waals surface area contributed by atoms with Gasteiger partial charge >= 0.3 is 5.97 Å². The topological polar surface area (TPSA) is 46.5 Å². The first-order valence-electron chi connectivity index (χ1n) is 6.82. The van der Waals surface area contributed by atoms with Gasteiger partial charge in [-0.25, -0.2) is 9.18 Å². The number of allylic oxidation sites excluding steroid dienone is 2. The van der Waals surface area contributed by atoms with E-state index in [-0.39, 0.29) is 5.56 Å². The standard InChI is InChI=1S/C16H19FO3/c1-11-4-2-3-5-13(11)10-20-9-12-6-7-14(16(18)19)15(17)8-12/h2-3,6-8,11,13H,4-5,9-10H2,1H3,(H,18,19). The minimum atomic E-state index is -1.25. The molecule has 0 radical (unpaired) electrons. The maximum absolute atomic E-state index is 13.5. The quantitative estimate of drug-likeness (QED) is 0.836. The van der Waals surface area contributed by atoms with Crippen LogP contribution in [0.15, 0.2) is 30.4 Å². The summed E-state index contributed by atoms with van der Waals surface area (Å²) >= 11 is 0. The van der Waals surface area contributed by atoms with Crippen LogP contribution in [0.1, 0.15) is 35.7 Å². The third kappa shape index (κ3) is 3.67. The Morgan fingerprint density at radius 3 is 2.80 bits per heavy atom. The first-order valence-corrected chi connectivity index (χ1v) is 6.82. The van der Waals surface area contributed by atoms with Gasteiger partial charge < -0.3 is 9.84 Å². The van der Waals surface area contributed by atoms with E-state index in [0.717, 1.165) is 12.8 Å². The number of hydrogen-bond acceptors (Lipinski definition) is 2. The molecule has 1 aromatic carbocycles. The summed E-state index contributed by atoms with van der Waals surface area (Å²) < 4.78 is 19.1. The molecule has 1 aromatic rings. The number of benzene rings is 1. The van der Waals surface area contributed by atoms with Crippen LogP contribution >= 0.6 is 0 Å². The summed E-state index contributed by atoms with van der Waals surface area (Å²) in [6.45, 7) is 3.16. The van der Waals surface area contributed by atoms with Crippen molar-refractivity contribution in [1.82, 2.24) is 0 Å². The van der Waals surface area contributed by atoms with E-state index in [2.05, 4.69) is 19.1 Å². The second-order valence-corrected chi connectivity index (χ2v) is 5.31. The fourth-order valence-corrected chi connectivity index (χ4v) is 2.39. The maximum atomic E-state index is 13.5. The molecule has 20 heavy (non-hydrogen) atoms. The molecule has 1 aliphatic carbocycles. The highest BCUT2D eigenvalue weighted by Gasteiger charge is 2.18. The van der Waals surface area contributed by atoms with E-state index >= 15 is 0 Å². The molecule has 0 heterocycles. The average Bonchev–Trinajstić information content (AvgIpc) is 2.40. The number of halogens is 1. The lowest BCUT2D eigenvalue weighted by molar-refractivity contribution is 0.0671. The van der Waals surface area contributed by atoms with E-state index in [0.29, 0.717) is 30.6 Å². The molecule has 0 fully saturated rings. The summed E-state index contributed by atoms with van der Waals surface area (Å²) in [5.74, 6) is -0.861. The molecule has 0 aromatic heterocycles. The zero-order valence-electron chi connectivity index (χ0n) is 11.5. The number of carbonyl (C=O) groups is 1. The molecular weight excluding hydrogens is 259 g/mol. The number of carboxylic acids is 1. The van der Waals surface area contributed by atoms with E-state index in [1.807, 2.05) is 0 Å². The Bertz CT molecular complexity index is 510. The lowest BCUT2D eigenvalue weighted by Gasteiger charge is -2.24. The summed E-state index contributed by atoms with van der Waals surface area (Å²) in [5, 5.41) is 8.75. The Labute approximate surface area is 118 Å². The third-order valence-electron chi connectivity index (χ3n) is 3.78. The Morgan fingerprint density at radius 2 is 2.15 bits per heavy atom. The van der Waals surface area contributed by atoms with Crippen LogP contribution in [0.4, 0.5) is 4.39 Å². The van der Waals surface area contributed by atoms with Gasteiger partial charge in [0, 0.05) is 0 Å². The molecule has 0 amide bonds. The number of ether oxygens (including phenoxy) is 1. The summed E-state index contributed by atoms with van der Waals surface area (Å²) in [7, 11) is 0. The Hall–Kier alpha value is -1.68. The molecule has 0 saturated heterocycles. The normalized spacial score (nSPS) is 21.9. The summed E-state index contributed by atoms with van der Waals surface area (Å²) in [6.07, 6.45) is 6.47. The lowest BCUT2D eigenvalue weighted by atomic mass is 9.85. The molecule has 2 unspecified atom stereocenters. The van der Waals surface area contributed by atoms with Gasteiger partial charge in [-0.05, 0) is 42.4 Å². The van der Waals surface area contributed by atoms with Crippen molar-refractivity contribution < 1.29 is 19.0 Å². The van der Waals surface area contributed by atoms with E-state index in [4.69, 9.17) is 9.84 Å². The summed E-state index contributed by atoms with van der Waals surface area (Å²) in [5.41, 5.74) is 0.353. The van der Waals surface area contributed by atoms with E-state index in [1.54, 1.807) is 6.07 Å². The van der Waals surface area contributed by atoms with Crippen LogP contribution in [0.3, 0.4) is 0 Å². The Kier molecular flexibility index (Phi) is 4.90. The predicted molar refractivity (Wildman–Crippen MR) is 74.0 cm³/mol. The lowest BCUT2D eigenvalue weighted by Crippen LogP contribution is -2.19. The van der Waals surface area contributed by atoms with Crippen LogP contribution in [0.5, 0.6) is 0 Å². The molecular formula is C16H19FO3. The van der Waals surface area contributed by atoms with Crippen LogP contribution in [0.2, 0.25) is 0 Å². The predicted octanol–water partition coefficient (Wildman–Crippen LogP) is 3.64. The van der Waals surface area contributed by atoms with Crippen LogP contribution < -0.4 is 0 Å². The second kappa shape index (κ2) is 6.66. The van der Waals surface area contributed by atoms with Crippen molar-refractivity contribution >= 4 is 5.97 Å². The van der Waals surface area contributed by atoms with Crippen LogP contribution in [0, 0.1) is 17.7 Å². The molecule has 1 N–H and O–H groups in total. The highest BCUT2D eigenvalue weighted by atomic mass is 19.1. The molecule has 0 saturated carbocycles. The molecule has 1 aliphatic rings. The molecule has 2 rings (SSSR count). The second-order valence-electron chi connectivity index (χ2n) is 5.31. The largest absolute Gasteiger partial charge is 0.478 e. The van der Waals surface area contributed by atoms with Crippen molar-refractivity contribution in [3.8, 4) is 0 Å². The van der Waals surface area contributed by atoms with Crippen molar-refractivity contribution in [2.24, 2.45) is 11.8 Å². The van der Waals surface area contributed by atoms with Crippen LogP contribution in [0.25, 0.3) is 0 Å². The minimum absolute atomic E-state index is 0.306. The molecule has 108 valence electrons. The first-order chi connectivity index (χ1) is 9.58.